The van der Waals surface area contributed by atoms with Crippen LogP contribution in [-0.4, -0.2) is 16.6 Å². The monoisotopic (exact) mass is 276 g/mol. The van der Waals surface area contributed by atoms with E-state index in [4.69, 9.17) is 16.3 Å². The summed E-state index contributed by atoms with van der Waals surface area (Å²) in [5.41, 5.74) is 2.99. The summed E-state index contributed by atoms with van der Waals surface area (Å²) >= 11 is 6.00. The highest BCUT2D eigenvalue weighted by Crippen LogP contribution is 2.20. The molecule has 19 heavy (non-hydrogen) atoms. The van der Waals surface area contributed by atoms with Gasteiger partial charge in [-0.2, -0.15) is 0 Å². The Bertz CT molecular complexity index is 543. The fourth-order valence-electron chi connectivity index (χ4n) is 1.74. The number of rotatable bonds is 5. The molecule has 0 saturated heterocycles. The zero-order chi connectivity index (χ0) is 13.7. The Hall–Kier alpha value is -1.61. The molecule has 0 spiro atoms. The average Bonchev–Trinajstić information content (AvgIpc) is 2.41. The Morgan fingerprint density at radius 2 is 1.74 bits per heavy atom. The van der Waals surface area contributed by atoms with E-state index in [0.29, 0.717) is 17.6 Å². The molecule has 1 aromatic heterocycles. The Kier molecular flexibility index (Phi) is 4.74. The third-order valence-electron chi connectivity index (χ3n) is 2.93. The van der Waals surface area contributed by atoms with E-state index < -0.39 is 0 Å². The molecule has 0 aliphatic carbocycles. The van der Waals surface area contributed by atoms with Crippen molar-refractivity contribution in [2.24, 2.45) is 0 Å². The summed E-state index contributed by atoms with van der Waals surface area (Å²) in [6.45, 7) is 4.37. The smallest absolute Gasteiger partial charge is 0.252 e. The minimum atomic E-state index is 0.336. The topological polar surface area (TPSA) is 35.0 Å². The van der Waals surface area contributed by atoms with E-state index in [9.17, 15) is 0 Å². The van der Waals surface area contributed by atoms with Crippen LogP contribution in [0.5, 0.6) is 5.88 Å². The molecule has 0 fully saturated rings. The van der Waals surface area contributed by atoms with Crippen molar-refractivity contribution in [3.05, 3.63) is 52.4 Å². The lowest BCUT2D eigenvalue weighted by Gasteiger charge is -2.08. The summed E-state index contributed by atoms with van der Waals surface area (Å²) in [6.07, 6.45) is 1.91. The van der Waals surface area contributed by atoms with Gasteiger partial charge in [0, 0.05) is 0 Å². The van der Waals surface area contributed by atoms with Gasteiger partial charge in [0.1, 0.15) is 0 Å². The first kappa shape index (κ1) is 13.8. The Balaban J connectivity index is 1.85. The summed E-state index contributed by atoms with van der Waals surface area (Å²) < 4.78 is 5.59. The molecule has 100 valence electrons. The van der Waals surface area contributed by atoms with E-state index in [1.807, 2.05) is 32.0 Å². The third-order valence-corrected chi connectivity index (χ3v) is 3.17. The normalized spacial score (nSPS) is 10.5. The van der Waals surface area contributed by atoms with Crippen LogP contribution in [0.3, 0.4) is 0 Å². The van der Waals surface area contributed by atoms with Crippen molar-refractivity contribution in [1.82, 2.24) is 9.97 Å². The van der Waals surface area contributed by atoms with Crippen LogP contribution < -0.4 is 4.74 Å². The maximum absolute atomic E-state index is 6.00. The largest absolute Gasteiger partial charge is 0.475 e. The van der Waals surface area contributed by atoms with Crippen molar-refractivity contribution in [3.63, 3.8) is 0 Å². The minimum Gasteiger partial charge on any atom is -0.475 e. The molecule has 0 saturated carbocycles. The molecule has 0 radical (unpaired) electrons. The van der Waals surface area contributed by atoms with Gasteiger partial charge in [-0.3, -0.25) is 0 Å². The van der Waals surface area contributed by atoms with E-state index in [2.05, 4.69) is 22.1 Å². The molecule has 3 nitrogen and oxygen atoms in total. The molecule has 0 amide bonds. The molecule has 0 aliphatic rings. The molecule has 0 N–H and O–H groups in total. The Morgan fingerprint density at radius 1 is 1.05 bits per heavy atom. The summed E-state index contributed by atoms with van der Waals surface area (Å²) in [7, 11) is 0. The second-order valence-electron chi connectivity index (χ2n) is 4.43. The SMILES string of the molecule is Cc1nc(Cl)c(OCCCc2ccccc2)nc1C. The third kappa shape index (κ3) is 3.93. The van der Waals surface area contributed by atoms with Crippen LogP contribution >= 0.6 is 11.6 Å². The number of benzene rings is 1. The first-order chi connectivity index (χ1) is 9.16. The lowest BCUT2D eigenvalue weighted by atomic mass is 10.1. The van der Waals surface area contributed by atoms with Crippen molar-refractivity contribution >= 4 is 11.6 Å². The zero-order valence-electron chi connectivity index (χ0n) is 11.2. The van der Waals surface area contributed by atoms with Crippen molar-refractivity contribution < 1.29 is 4.74 Å². The lowest BCUT2D eigenvalue weighted by Crippen LogP contribution is -2.04. The fourth-order valence-corrected chi connectivity index (χ4v) is 1.96. The zero-order valence-corrected chi connectivity index (χ0v) is 11.9. The highest BCUT2D eigenvalue weighted by molar-refractivity contribution is 6.30. The predicted molar refractivity (Wildman–Crippen MR) is 76.8 cm³/mol. The van der Waals surface area contributed by atoms with Crippen LogP contribution in [0.15, 0.2) is 30.3 Å². The van der Waals surface area contributed by atoms with Gasteiger partial charge in [0.05, 0.1) is 18.0 Å². The molecule has 0 aliphatic heterocycles. The average molecular weight is 277 g/mol. The molecule has 1 aromatic carbocycles. The highest BCUT2D eigenvalue weighted by Gasteiger charge is 2.07. The first-order valence-corrected chi connectivity index (χ1v) is 6.72. The minimum absolute atomic E-state index is 0.336. The number of ether oxygens (including phenoxy) is 1. The van der Waals surface area contributed by atoms with E-state index in [-0.39, 0.29) is 0 Å². The van der Waals surface area contributed by atoms with E-state index in [0.717, 1.165) is 24.2 Å². The van der Waals surface area contributed by atoms with Gasteiger partial charge in [-0.05, 0) is 32.3 Å². The Morgan fingerprint density at radius 3 is 2.47 bits per heavy atom. The molecule has 2 rings (SSSR count). The van der Waals surface area contributed by atoms with E-state index in [1.54, 1.807) is 0 Å². The number of aromatic nitrogens is 2. The highest BCUT2D eigenvalue weighted by atomic mass is 35.5. The molecule has 4 heteroatoms. The van der Waals surface area contributed by atoms with Crippen LogP contribution in [0.4, 0.5) is 0 Å². The summed E-state index contributed by atoms with van der Waals surface area (Å²) in [5.74, 6) is 0.429. The molecule has 1 heterocycles. The predicted octanol–water partition coefficient (Wildman–Crippen LogP) is 3.76. The number of hydrogen-bond donors (Lipinski definition) is 0. The van der Waals surface area contributed by atoms with Gasteiger partial charge in [0.15, 0.2) is 5.15 Å². The maximum atomic E-state index is 6.00. The van der Waals surface area contributed by atoms with Crippen LogP contribution in [0.25, 0.3) is 0 Å². The molecule has 2 aromatic rings. The summed E-state index contributed by atoms with van der Waals surface area (Å²) in [6, 6.07) is 10.3. The molecule has 0 bridgehead atoms. The van der Waals surface area contributed by atoms with Gasteiger partial charge in [0.25, 0.3) is 5.88 Å². The number of nitrogens with zero attached hydrogens (tertiary/aromatic N) is 2. The van der Waals surface area contributed by atoms with Crippen molar-refractivity contribution in [2.75, 3.05) is 6.61 Å². The Labute approximate surface area is 118 Å². The molecular formula is C15H17ClN2O. The van der Waals surface area contributed by atoms with Gasteiger partial charge in [-0.1, -0.05) is 41.9 Å². The van der Waals surface area contributed by atoms with Gasteiger partial charge in [-0.15, -0.1) is 0 Å². The number of hydrogen-bond acceptors (Lipinski definition) is 3. The van der Waals surface area contributed by atoms with Crippen LogP contribution in [-0.2, 0) is 6.42 Å². The van der Waals surface area contributed by atoms with Gasteiger partial charge in [-0.25, -0.2) is 9.97 Å². The maximum Gasteiger partial charge on any atom is 0.252 e. The second-order valence-corrected chi connectivity index (χ2v) is 4.79. The van der Waals surface area contributed by atoms with E-state index in [1.165, 1.54) is 5.56 Å². The number of aryl methyl sites for hydroxylation is 3. The van der Waals surface area contributed by atoms with Crippen molar-refractivity contribution in [2.45, 2.75) is 26.7 Å². The molecule has 0 unspecified atom stereocenters. The summed E-state index contributed by atoms with van der Waals surface area (Å²) in [5, 5.41) is 0.336. The van der Waals surface area contributed by atoms with Gasteiger partial charge >= 0.3 is 0 Å². The van der Waals surface area contributed by atoms with Crippen molar-refractivity contribution in [3.8, 4) is 5.88 Å². The van der Waals surface area contributed by atoms with Crippen LogP contribution in [0.2, 0.25) is 5.15 Å². The quantitative estimate of drug-likeness (QED) is 0.780. The standard InChI is InChI=1S/C15H17ClN2O/c1-11-12(2)18-15(14(16)17-11)19-10-6-9-13-7-4-3-5-8-13/h3-5,7-8H,6,9-10H2,1-2H3. The summed E-state index contributed by atoms with van der Waals surface area (Å²) in [4.78, 5) is 8.49. The van der Waals surface area contributed by atoms with Crippen molar-refractivity contribution in [1.29, 1.82) is 0 Å². The van der Waals surface area contributed by atoms with Crippen LogP contribution in [0, 0.1) is 13.8 Å². The van der Waals surface area contributed by atoms with Gasteiger partial charge < -0.3 is 4.74 Å². The van der Waals surface area contributed by atoms with Gasteiger partial charge in [0.2, 0.25) is 0 Å². The van der Waals surface area contributed by atoms with Crippen LogP contribution in [0.1, 0.15) is 23.4 Å². The number of halogens is 1. The van der Waals surface area contributed by atoms with E-state index >= 15 is 0 Å². The molecule has 0 atom stereocenters. The second kappa shape index (κ2) is 6.53. The molecular weight excluding hydrogens is 260 g/mol. The lowest BCUT2D eigenvalue weighted by molar-refractivity contribution is 0.297. The first-order valence-electron chi connectivity index (χ1n) is 6.34. The fraction of sp³-hybridized carbons (Fsp3) is 0.333.